The Bertz CT molecular complexity index is 719. The number of fused-ring (bicyclic) bond motifs is 1. The van der Waals surface area contributed by atoms with Crippen LogP contribution in [0, 0.1) is 6.92 Å². The molecule has 19 heavy (non-hydrogen) atoms. The third-order valence-electron chi connectivity index (χ3n) is 2.99. The molecule has 0 saturated heterocycles. The predicted molar refractivity (Wildman–Crippen MR) is 85.9 cm³/mol. The Balaban J connectivity index is 2.00. The van der Waals surface area contributed by atoms with E-state index in [0.717, 1.165) is 16.3 Å². The van der Waals surface area contributed by atoms with Gasteiger partial charge in [-0.1, -0.05) is 35.6 Å². The molecule has 1 heterocycles. The molecule has 0 aliphatic carbocycles. The molecule has 0 fully saturated rings. The Morgan fingerprint density at radius 3 is 2.74 bits per heavy atom. The van der Waals surface area contributed by atoms with Crippen molar-refractivity contribution in [1.29, 1.82) is 0 Å². The fourth-order valence-electron chi connectivity index (χ4n) is 1.97. The zero-order valence-electron chi connectivity index (χ0n) is 10.8. The fraction of sp³-hybridized carbons (Fsp3) is 0.133. The molecule has 1 N–H and O–H groups in total. The minimum Gasteiger partial charge on any atom is -0.331 e. The Morgan fingerprint density at radius 1 is 1.11 bits per heavy atom. The van der Waals surface area contributed by atoms with Crippen LogP contribution in [0.4, 0.5) is 10.8 Å². The lowest BCUT2D eigenvalue weighted by Crippen LogP contribution is -1.91. The zero-order valence-corrected chi connectivity index (χ0v) is 12.4. The molecule has 0 radical (unpaired) electrons. The third kappa shape index (κ3) is 2.46. The van der Waals surface area contributed by atoms with E-state index in [2.05, 4.69) is 48.8 Å². The van der Waals surface area contributed by atoms with Crippen LogP contribution in [-0.2, 0) is 0 Å². The fourth-order valence-corrected chi connectivity index (χ4v) is 3.50. The molecule has 0 unspecified atom stereocenters. The van der Waals surface area contributed by atoms with Crippen molar-refractivity contribution in [2.24, 2.45) is 0 Å². The van der Waals surface area contributed by atoms with Gasteiger partial charge in [-0.2, -0.15) is 0 Å². The van der Waals surface area contributed by atoms with Gasteiger partial charge in [0.2, 0.25) is 0 Å². The molecule has 1 aromatic heterocycles. The molecule has 2 nitrogen and oxygen atoms in total. The van der Waals surface area contributed by atoms with Gasteiger partial charge in [-0.05, 0) is 36.9 Å². The molecule has 3 rings (SSSR count). The van der Waals surface area contributed by atoms with Crippen molar-refractivity contribution >= 4 is 44.1 Å². The summed E-state index contributed by atoms with van der Waals surface area (Å²) in [6.45, 7) is 2.10. The van der Waals surface area contributed by atoms with Gasteiger partial charge in [-0.3, -0.25) is 0 Å². The number of anilines is 2. The van der Waals surface area contributed by atoms with Crippen LogP contribution in [0.25, 0.3) is 10.2 Å². The zero-order chi connectivity index (χ0) is 13.2. The maximum absolute atomic E-state index is 4.71. The van der Waals surface area contributed by atoms with Gasteiger partial charge < -0.3 is 5.32 Å². The molecule has 4 heteroatoms. The number of nitrogens with one attached hydrogen (secondary N) is 1. The van der Waals surface area contributed by atoms with Gasteiger partial charge in [-0.15, -0.1) is 11.8 Å². The standard InChI is InChI=1S/C15H14N2S2/c1-10-6-3-4-7-11(10)16-15-17-14-12(18-2)8-5-9-13(14)19-15/h3-9H,1-2H3,(H,16,17). The number of aryl methyl sites for hydroxylation is 1. The maximum atomic E-state index is 4.71. The van der Waals surface area contributed by atoms with Crippen LogP contribution in [-0.4, -0.2) is 11.2 Å². The monoisotopic (exact) mass is 286 g/mol. The second kappa shape index (κ2) is 5.23. The number of hydrogen-bond acceptors (Lipinski definition) is 4. The first-order valence-corrected chi connectivity index (χ1v) is 8.08. The van der Waals surface area contributed by atoms with E-state index in [1.54, 1.807) is 23.1 Å². The molecule has 3 aromatic rings. The summed E-state index contributed by atoms with van der Waals surface area (Å²) < 4.78 is 1.22. The van der Waals surface area contributed by atoms with Gasteiger partial charge in [0.15, 0.2) is 5.13 Å². The molecule has 0 spiro atoms. The van der Waals surface area contributed by atoms with Gasteiger partial charge in [0.05, 0.1) is 10.2 Å². The van der Waals surface area contributed by atoms with Crippen LogP contribution in [0.5, 0.6) is 0 Å². The molecule has 0 aliphatic heterocycles. The molecule has 0 amide bonds. The number of benzene rings is 2. The van der Waals surface area contributed by atoms with Gasteiger partial charge in [0.1, 0.15) is 0 Å². The number of aromatic nitrogens is 1. The summed E-state index contributed by atoms with van der Waals surface area (Å²) in [5, 5.41) is 4.36. The minimum absolute atomic E-state index is 0.950. The number of nitrogens with zero attached hydrogens (tertiary/aromatic N) is 1. The smallest absolute Gasteiger partial charge is 0.188 e. The van der Waals surface area contributed by atoms with E-state index in [9.17, 15) is 0 Å². The van der Waals surface area contributed by atoms with Crippen LogP contribution >= 0.6 is 23.1 Å². The molecule has 0 aliphatic rings. The number of thiazole rings is 1. The van der Waals surface area contributed by atoms with E-state index in [-0.39, 0.29) is 0 Å². The molecule has 0 atom stereocenters. The first kappa shape index (κ1) is 12.5. The van der Waals surface area contributed by atoms with E-state index in [4.69, 9.17) is 4.98 Å². The van der Waals surface area contributed by atoms with E-state index in [1.165, 1.54) is 15.2 Å². The summed E-state index contributed by atoms with van der Waals surface area (Å²) in [6, 6.07) is 14.6. The Morgan fingerprint density at radius 2 is 1.95 bits per heavy atom. The highest BCUT2D eigenvalue weighted by Crippen LogP contribution is 2.33. The average Bonchev–Trinajstić information content (AvgIpc) is 2.83. The first-order chi connectivity index (χ1) is 9.28. The molecular weight excluding hydrogens is 272 g/mol. The molecular formula is C15H14N2S2. The van der Waals surface area contributed by atoms with E-state index in [0.29, 0.717) is 0 Å². The highest BCUT2D eigenvalue weighted by atomic mass is 32.2. The highest BCUT2D eigenvalue weighted by Gasteiger charge is 2.08. The van der Waals surface area contributed by atoms with Crippen LogP contribution in [0.3, 0.4) is 0 Å². The van der Waals surface area contributed by atoms with Crippen LogP contribution in [0.15, 0.2) is 47.4 Å². The number of para-hydroxylation sites is 2. The highest BCUT2D eigenvalue weighted by molar-refractivity contribution is 7.98. The lowest BCUT2D eigenvalue weighted by Gasteiger charge is -2.05. The first-order valence-electron chi connectivity index (χ1n) is 6.04. The molecule has 0 bridgehead atoms. The normalized spacial score (nSPS) is 10.8. The lowest BCUT2D eigenvalue weighted by atomic mass is 10.2. The van der Waals surface area contributed by atoms with E-state index in [1.807, 2.05) is 12.1 Å². The van der Waals surface area contributed by atoms with Crippen LogP contribution in [0.1, 0.15) is 5.56 Å². The summed E-state index contributed by atoms with van der Waals surface area (Å²) in [4.78, 5) is 5.93. The summed E-state index contributed by atoms with van der Waals surface area (Å²) in [7, 11) is 0. The third-order valence-corrected chi connectivity index (χ3v) is 4.69. The Hall–Kier alpha value is -1.52. The van der Waals surface area contributed by atoms with Crippen molar-refractivity contribution < 1.29 is 0 Å². The summed E-state index contributed by atoms with van der Waals surface area (Å²) in [5.41, 5.74) is 3.44. The van der Waals surface area contributed by atoms with Gasteiger partial charge in [-0.25, -0.2) is 4.98 Å². The van der Waals surface area contributed by atoms with Crippen LogP contribution < -0.4 is 5.32 Å². The number of hydrogen-bond donors (Lipinski definition) is 1. The van der Waals surface area contributed by atoms with Crippen LogP contribution in [0.2, 0.25) is 0 Å². The van der Waals surface area contributed by atoms with Crippen molar-refractivity contribution in [3.05, 3.63) is 48.0 Å². The van der Waals surface area contributed by atoms with Gasteiger partial charge in [0, 0.05) is 10.6 Å². The van der Waals surface area contributed by atoms with Crippen molar-refractivity contribution in [1.82, 2.24) is 4.98 Å². The number of rotatable bonds is 3. The molecule has 0 saturated carbocycles. The Kier molecular flexibility index (Phi) is 3.44. The van der Waals surface area contributed by atoms with Crippen molar-refractivity contribution in [3.63, 3.8) is 0 Å². The van der Waals surface area contributed by atoms with E-state index < -0.39 is 0 Å². The molecule has 2 aromatic carbocycles. The lowest BCUT2D eigenvalue weighted by molar-refractivity contribution is 1.37. The summed E-state index contributed by atoms with van der Waals surface area (Å²) >= 11 is 3.43. The molecule has 96 valence electrons. The topological polar surface area (TPSA) is 24.9 Å². The maximum Gasteiger partial charge on any atom is 0.188 e. The predicted octanol–water partition coefficient (Wildman–Crippen LogP) is 5.07. The van der Waals surface area contributed by atoms with E-state index >= 15 is 0 Å². The largest absolute Gasteiger partial charge is 0.331 e. The van der Waals surface area contributed by atoms with Crippen molar-refractivity contribution in [2.75, 3.05) is 11.6 Å². The van der Waals surface area contributed by atoms with Crippen molar-refractivity contribution in [2.45, 2.75) is 11.8 Å². The second-order valence-electron chi connectivity index (χ2n) is 4.27. The SMILES string of the molecule is CSc1cccc2sc(Nc3ccccc3C)nc12. The van der Waals surface area contributed by atoms with Gasteiger partial charge in [0.25, 0.3) is 0 Å². The summed E-state index contributed by atoms with van der Waals surface area (Å²) in [6.07, 6.45) is 2.09. The van der Waals surface area contributed by atoms with Gasteiger partial charge >= 0.3 is 0 Å². The second-order valence-corrected chi connectivity index (χ2v) is 6.14. The quantitative estimate of drug-likeness (QED) is 0.680. The van der Waals surface area contributed by atoms with Crippen molar-refractivity contribution in [3.8, 4) is 0 Å². The summed E-state index contributed by atoms with van der Waals surface area (Å²) in [5.74, 6) is 0. The average molecular weight is 286 g/mol. The number of thioether (sulfide) groups is 1. The Labute approximate surface area is 120 Å². The minimum atomic E-state index is 0.950.